The smallest absolute Gasteiger partial charge is 0.324 e. The normalized spacial score (nSPS) is 11.5. The number of benzene rings is 1. The predicted octanol–water partition coefficient (Wildman–Crippen LogP) is 3.07. The molecule has 1 N–H and O–H groups in total. The number of esters is 1. The molecule has 1 unspecified atom stereocenters. The monoisotopic (exact) mass is 402 g/mol. The minimum Gasteiger partial charge on any atom is -0.460 e. The van der Waals surface area contributed by atoms with Crippen molar-refractivity contribution in [1.82, 2.24) is 10.3 Å². The summed E-state index contributed by atoms with van der Waals surface area (Å²) in [4.78, 5) is 39.5. The van der Waals surface area contributed by atoms with Crippen LogP contribution in [0.4, 0.5) is 0 Å². The number of ketones is 1. The molecule has 0 aliphatic carbocycles. The number of hydrogen-bond donors (Lipinski definition) is 1. The second-order valence-electron chi connectivity index (χ2n) is 6.31. The summed E-state index contributed by atoms with van der Waals surface area (Å²) in [6.07, 6.45) is 4.30. The summed E-state index contributed by atoms with van der Waals surface area (Å²) >= 11 is 6.22. The zero-order chi connectivity index (χ0) is 20.4. The van der Waals surface area contributed by atoms with E-state index in [0.29, 0.717) is 30.5 Å². The predicted molar refractivity (Wildman–Crippen MR) is 106 cm³/mol. The van der Waals surface area contributed by atoms with Gasteiger partial charge >= 0.3 is 5.97 Å². The molecule has 148 valence electrons. The number of aromatic nitrogens is 1. The van der Waals surface area contributed by atoms with E-state index >= 15 is 0 Å². The summed E-state index contributed by atoms with van der Waals surface area (Å²) in [5, 5.41) is 1.77. The van der Waals surface area contributed by atoms with Crippen LogP contribution in [0.3, 0.4) is 0 Å². The molecule has 2 rings (SSSR count). The molecule has 0 bridgehead atoms. The molecular weight excluding hydrogens is 380 g/mol. The van der Waals surface area contributed by atoms with E-state index in [0.717, 1.165) is 5.56 Å². The lowest BCUT2D eigenvalue weighted by Crippen LogP contribution is -2.22. The Morgan fingerprint density at radius 2 is 1.96 bits per heavy atom. The van der Waals surface area contributed by atoms with Crippen molar-refractivity contribution in [1.29, 1.82) is 0 Å². The summed E-state index contributed by atoms with van der Waals surface area (Å²) in [5.74, 6) is -0.713. The number of halogens is 1. The number of pyridine rings is 1. The first-order chi connectivity index (χ1) is 13.5. The van der Waals surface area contributed by atoms with Crippen molar-refractivity contribution in [3.05, 3.63) is 65.5 Å². The first-order valence-corrected chi connectivity index (χ1v) is 9.46. The van der Waals surface area contributed by atoms with E-state index in [-0.39, 0.29) is 24.7 Å². The number of amides is 1. The van der Waals surface area contributed by atoms with Gasteiger partial charge in [-0.3, -0.25) is 19.4 Å². The largest absolute Gasteiger partial charge is 0.460 e. The Bertz CT molecular complexity index is 811. The van der Waals surface area contributed by atoms with Crippen molar-refractivity contribution in [3.8, 4) is 0 Å². The molecule has 0 aliphatic rings. The first kappa shape index (κ1) is 21.6. The molecule has 1 atom stereocenters. The maximum atomic E-state index is 12.5. The molecule has 0 spiro atoms. The summed E-state index contributed by atoms with van der Waals surface area (Å²) in [7, 11) is 0. The second kappa shape index (κ2) is 11.2. The Morgan fingerprint density at radius 1 is 1.18 bits per heavy atom. The summed E-state index contributed by atoms with van der Waals surface area (Å²) < 4.78 is 5.23. The van der Waals surface area contributed by atoms with Crippen LogP contribution in [0.15, 0.2) is 48.8 Å². The average Bonchev–Trinajstić information content (AvgIpc) is 2.70. The van der Waals surface area contributed by atoms with Crippen LogP contribution in [0.5, 0.6) is 0 Å². The molecule has 0 saturated heterocycles. The number of Topliss-reactive ketones (excluding diaryl/α,β-unsaturated/α-hetero) is 1. The Hall–Kier alpha value is -2.73. The minimum atomic E-state index is -0.898. The highest BCUT2D eigenvalue weighted by Gasteiger charge is 2.21. The number of carbonyl (C=O) groups is 3. The van der Waals surface area contributed by atoms with E-state index in [9.17, 15) is 14.4 Å². The Labute approximate surface area is 169 Å². The van der Waals surface area contributed by atoms with Gasteiger partial charge in [-0.15, -0.1) is 11.6 Å². The van der Waals surface area contributed by atoms with Gasteiger partial charge < -0.3 is 10.1 Å². The van der Waals surface area contributed by atoms with Crippen molar-refractivity contribution < 1.29 is 19.1 Å². The number of carbonyl (C=O) groups excluding carboxylic acids is 3. The summed E-state index contributed by atoms with van der Waals surface area (Å²) in [6.45, 7) is 1.98. The van der Waals surface area contributed by atoms with E-state index in [1.807, 2.05) is 0 Å². The molecule has 7 heteroatoms. The van der Waals surface area contributed by atoms with Crippen LogP contribution in [-0.4, -0.2) is 34.6 Å². The molecule has 1 heterocycles. The lowest BCUT2D eigenvalue weighted by Gasteiger charge is -2.13. The van der Waals surface area contributed by atoms with Crippen LogP contribution < -0.4 is 5.32 Å². The average molecular weight is 403 g/mol. The van der Waals surface area contributed by atoms with Gasteiger partial charge in [-0.2, -0.15) is 0 Å². The third-order valence-electron chi connectivity index (χ3n) is 4.03. The highest BCUT2D eigenvalue weighted by atomic mass is 35.5. The van der Waals surface area contributed by atoms with Crippen LogP contribution in [0, 0.1) is 0 Å². The SMILES string of the molecule is CC(=O)NCCCC(=O)c1ccccc1CC(Cl)C(=O)OCc1cccnc1. The van der Waals surface area contributed by atoms with Gasteiger partial charge in [0.05, 0.1) is 0 Å². The number of nitrogens with one attached hydrogen (secondary N) is 1. The molecule has 2 aromatic rings. The lowest BCUT2D eigenvalue weighted by molar-refractivity contribution is -0.144. The van der Waals surface area contributed by atoms with Gasteiger partial charge in [0.25, 0.3) is 0 Å². The van der Waals surface area contributed by atoms with Gasteiger partial charge in [0, 0.05) is 49.8 Å². The van der Waals surface area contributed by atoms with Crippen LogP contribution in [0.25, 0.3) is 0 Å². The molecule has 28 heavy (non-hydrogen) atoms. The molecule has 1 aromatic heterocycles. The summed E-state index contributed by atoms with van der Waals surface area (Å²) in [5.41, 5.74) is 2.01. The topological polar surface area (TPSA) is 85.4 Å². The Morgan fingerprint density at radius 3 is 2.68 bits per heavy atom. The molecule has 0 radical (unpaired) electrons. The number of alkyl halides is 1. The van der Waals surface area contributed by atoms with Crippen LogP contribution >= 0.6 is 11.6 Å². The molecule has 1 amide bonds. The maximum Gasteiger partial charge on any atom is 0.324 e. The maximum absolute atomic E-state index is 12.5. The number of nitrogens with zero attached hydrogens (tertiary/aromatic N) is 1. The number of ether oxygens (including phenoxy) is 1. The highest BCUT2D eigenvalue weighted by Crippen LogP contribution is 2.17. The van der Waals surface area contributed by atoms with Crippen molar-refractivity contribution in [2.24, 2.45) is 0 Å². The van der Waals surface area contributed by atoms with E-state index in [1.165, 1.54) is 6.92 Å². The second-order valence-corrected chi connectivity index (χ2v) is 6.83. The fourth-order valence-electron chi connectivity index (χ4n) is 2.62. The van der Waals surface area contributed by atoms with E-state index in [2.05, 4.69) is 10.3 Å². The minimum absolute atomic E-state index is 0.0476. The van der Waals surface area contributed by atoms with Crippen molar-refractivity contribution in [3.63, 3.8) is 0 Å². The number of rotatable bonds is 10. The van der Waals surface area contributed by atoms with Gasteiger partial charge in [-0.1, -0.05) is 30.3 Å². The number of hydrogen-bond acceptors (Lipinski definition) is 5. The molecule has 1 aromatic carbocycles. The third kappa shape index (κ3) is 7.12. The molecule has 0 saturated carbocycles. The van der Waals surface area contributed by atoms with Crippen LogP contribution in [-0.2, 0) is 27.4 Å². The highest BCUT2D eigenvalue weighted by molar-refractivity contribution is 6.30. The van der Waals surface area contributed by atoms with Crippen molar-refractivity contribution >= 4 is 29.3 Å². The van der Waals surface area contributed by atoms with Gasteiger partial charge in [-0.25, -0.2) is 0 Å². The van der Waals surface area contributed by atoms with Gasteiger partial charge in [0.1, 0.15) is 12.0 Å². The van der Waals surface area contributed by atoms with Gasteiger partial charge in [0.2, 0.25) is 5.91 Å². The fourth-order valence-corrected chi connectivity index (χ4v) is 2.85. The Kier molecular flexibility index (Phi) is 8.62. The first-order valence-electron chi connectivity index (χ1n) is 9.02. The van der Waals surface area contributed by atoms with Crippen molar-refractivity contribution in [2.75, 3.05) is 6.54 Å². The zero-order valence-corrected chi connectivity index (χ0v) is 16.4. The van der Waals surface area contributed by atoms with E-state index < -0.39 is 11.3 Å². The van der Waals surface area contributed by atoms with E-state index in [4.69, 9.17) is 16.3 Å². The fraction of sp³-hybridized carbons (Fsp3) is 0.333. The standard InChI is InChI=1S/C21H23ClN2O4/c1-15(25)24-11-5-9-20(26)18-8-3-2-7-17(18)12-19(22)21(27)28-14-16-6-4-10-23-13-16/h2-4,6-8,10,13,19H,5,9,11-12,14H2,1H3,(H,24,25). The molecular formula is C21H23ClN2O4. The summed E-state index contributed by atoms with van der Waals surface area (Å²) in [6, 6.07) is 10.6. The van der Waals surface area contributed by atoms with Crippen LogP contribution in [0.2, 0.25) is 0 Å². The lowest BCUT2D eigenvalue weighted by atomic mass is 9.97. The third-order valence-corrected chi connectivity index (χ3v) is 4.36. The quantitative estimate of drug-likeness (QED) is 0.285. The van der Waals surface area contributed by atoms with Crippen LogP contribution in [0.1, 0.15) is 41.3 Å². The van der Waals surface area contributed by atoms with Gasteiger partial charge in [0.15, 0.2) is 5.78 Å². The molecule has 0 fully saturated rings. The van der Waals surface area contributed by atoms with Crippen molar-refractivity contribution in [2.45, 2.75) is 38.2 Å². The zero-order valence-electron chi connectivity index (χ0n) is 15.7. The Balaban J connectivity index is 1.91. The van der Waals surface area contributed by atoms with E-state index in [1.54, 1.807) is 48.8 Å². The molecule has 6 nitrogen and oxygen atoms in total. The molecule has 0 aliphatic heterocycles. The van der Waals surface area contributed by atoms with Gasteiger partial charge in [-0.05, 0) is 18.1 Å².